The maximum absolute atomic E-state index is 13.1. The summed E-state index contributed by atoms with van der Waals surface area (Å²) in [6, 6.07) is 6.20. The van der Waals surface area contributed by atoms with E-state index in [0.29, 0.717) is 31.9 Å². The van der Waals surface area contributed by atoms with Crippen LogP contribution in [0.4, 0.5) is 0 Å². The molecule has 0 aromatic carbocycles. The van der Waals surface area contributed by atoms with Gasteiger partial charge in [-0.1, -0.05) is 0 Å². The summed E-state index contributed by atoms with van der Waals surface area (Å²) in [5.41, 5.74) is 8.43. The predicted molar refractivity (Wildman–Crippen MR) is 129 cm³/mol. The topological polar surface area (TPSA) is 93.3 Å². The predicted octanol–water partition coefficient (Wildman–Crippen LogP) is 3.37. The highest BCUT2D eigenvalue weighted by Crippen LogP contribution is 2.34. The fourth-order valence-electron chi connectivity index (χ4n) is 4.82. The summed E-state index contributed by atoms with van der Waals surface area (Å²) in [6.07, 6.45) is 7.40. The summed E-state index contributed by atoms with van der Waals surface area (Å²) >= 11 is 0. The van der Waals surface area contributed by atoms with Crippen molar-refractivity contribution in [2.45, 2.75) is 13.8 Å². The third-order valence-electron chi connectivity index (χ3n) is 6.69. The zero-order valence-corrected chi connectivity index (χ0v) is 19.4. The quantitative estimate of drug-likeness (QED) is 0.450. The lowest BCUT2D eigenvalue weighted by Crippen LogP contribution is -2.40. The minimum absolute atomic E-state index is 0.0131. The summed E-state index contributed by atoms with van der Waals surface area (Å²) in [5, 5.41) is 9.98. The summed E-state index contributed by atoms with van der Waals surface area (Å²) in [4.78, 5) is 22.9. The molecule has 1 aliphatic rings. The van der Waals surface area contributed by atoms with E-state index < -0.39 is 0 Å². The molecule has 0 unspecified atom stereocenters. The Morgan fingerprint density at radius 3 is 2.71 bits per heavy atom. The molecule has 1 N–H and O–H groups in total. The third-order valence-corrected chi connectivity index (χ3v) is 6.69. The molecule has 172 valence electrons. The van der Waals surface area contributed by atoms with Gasteiger partial charge in [0.25, 0.3) is 5.91 Å². The third kappa shape index (κ3) is 3.19. The van der Waals surface area contributed by atoms with Gasteiger partial charge in [-0.05, 0) is 37.6 Å². The maximum atomic E-state index is 13.1. The minimum atomic E-state index is -0.0131. The molecule has 34 heavy (non-hydrogen) atoms. The molecular weight excluding hydrogens is 430 g/mol. The number of carbonyl (C=O) groups is 1. The van der Waals surface area contributed by atoms with Gasteiger partial charge in [0.1, 0.15) is 5.65 Å². The number of aromatic amines is 1. The number of fused-ring (bicyclic) bond motifs is 2. The number of nitrogens with one attached hydrogen (secondary N) is 1. The lowest BCUT2D eigenvalue weighted by Gasteiger charge is -2.26. The highest BCUT2D eigenvalue weighted by Gasteiger charge is 2.22. The van der Waals surface area contributed by atoms with E-state index >= 15 is 0 Å². The number of pyridine rings is 2. The van der Waals surface area contributed by atoms with E-state index in [1.54, 1.807) is 10.7 Å². The second-order valence-electron chi connectivity index (χ2n) is 8.70. The van der Waals surface area contributed by atoms with Gasteiger partial charge in [-0.25, -0.2) is 9.50 Å². The normalized spacial score (nSPS) is 14.4. The lowest BCUT2D eigenvalue weighted by molar-refractivity contribution is 0.0304. The van der Waals surface area contributed by atoms with Crippen molar-refractivity contribution in [3.05, 3.63) is 59.9 Å². The number of ether oxygens (including phenoxy) is 1. The van der Waals surface area contributed by atoms with Gasteiger partial charge in [-0.3, -0.25) is 9.48 Å². The van der Waals surface area contributed by atoms with Crippen molar-refractivity contribution in [2.75, 3.05) is 26.3 Å². The molecule has 1 saturated heterocycles. The molecule has 5 aromatic heterocycles. The van der Waals surface area contributed by atoms with Gasteiger partial charge in [0.15, 0.2) is 0 Å². The Bertz CT molecular complexity index is 1550. The SMILES string of the molecule is Cc1nn(C)c(C)c1-c1cnc2[nH]cc(-c3ccn4ncc(C(=O)N5CCOCC5)c4c3)c2c1. The van der Waals surface area contributed by atoms with Crippen molar-refractivity contribution in [2.24, 2.45) is 7.05 Å². The van der Waals surface area contributed by atoms with Crippen LogP contribution in [0.5, 0.6) is 0 Å². The number of morpholine rings is 1. The first-order chi connectivity index (χ1) is 16.5. The molecule has 1 fully saturated rings. The molecule has 1 amide bonds. The number of nitrogens with zero attached hydrogens (tertiary/aromatic N) is 6. The molecule has 9 nitrogen and oxygen atoms in total. The number of H-pyrrole nitrogens is 1. The molecule has 6 heterocycles. The number of hydrogen-bond donors (Lipinski definition) is 1. The van der Waals surface area contributed by atoms with Crippen molar-refractivity contribution in [3.63, 3.8) is 0 Å². The number of aromatic nitrogens is 6. The van der Waals surface area contributed by atoms with Crippen molar-refractivity contribution in [1.29, 1.82) is 0 Å². The van der Waals surface area contributed by atoms with E-state index in [-0.39, 0.29) is 5.91 Å². The highest BCUT2D eigenvalue weighted by molar-refractivity contribution is 6.02. The first kappa shape index (κ1) is 20.6. The smallest absolute Gasteiger partial charge is 0.257 e. The monoisotopic (exact) mass is 455 g/mol. The second kappa shape index (κ2) is 7.81. The summed E-state index contributed by atoms with van der Waals surface area (Å²) in [7, 11) is 1.95. The van der Waals surface area contributed by atoms with Crippen LogP contribution < -0.4 is 0 Å². The molecule has 1 aliphatic heterocycles. The van der Waals surface area contributed by atoms with Crippen molar-refractivity contribution < 1.29 is 9.53 Å². The molecule has 0 bridgehead atoms. The van der Waals surface area contributed by atoms with Gasteiger partial charge in [-0.15, -0.1) is 0 Å². The van der Waals surface area contributed by atoms with Gasteiger partial charge < -0.3 is 14.6 Å². The van der Waals surface area contributed by atoms with E-state index in [0.717, 1.165) is 50.2 Å². The van der Waals surface area contributed by atoms with Gasteiger partial charge in [0, 0.05) is 66.5 Å². The van der Waals surface area contributed by atoms with Crippen molar-refractivity contribution in [3.8, 4) is 22.3 Å². The van der Waals surface area contributed by atoms with Crippen LogP contribution in [0.1, 0.15) is 21.7 Å². The zero-order chi connectivity index (χ0) is 23.4. The van der Waals surface area contributed by atoms with Gasteiger partial charge >= 0.3 is 0 Å². The Kier molecular flexibility index (Phi) is 4.73. The van der Waals surface area contributed by atoms with E-state index in [2.05, 4.69) is 33.2 Å². The Morgan fingerprint density at radius 1 is 1.12 bits per heavy atom. The van der Waals surface area contributed by atoms with E-state index in [4.69, 9.17) is 4.74 Å². The van der Waals surface area contributed by atoms with Crippen LogP contribution in [-0.2, 0) is 11.8 Å². The molecule has 0 saturated carbocycles. The highest BCUT2D eigenvalue weighted by atomic mass is 16.5. The molecule has 0 aliphatic carbocycles. The number of aryl methyl sites for hydroxylation is 2. The molecule has 0 radical (unpaired) electrons. The number of hydrogen-bond acceptors (Lipinski definition) is 5. The standard InChI is InChI=1S/C25H25N7O2/c1-15-23(16(2)30(3)29-15)18-10-19-20(13-27-24(19)26-12-18)17-4-5-32-22(11-17)21(14-28-32)25(33)31-6-8-34-9-7-31/h4-5,10-14H,6-9H2,1-3H3,(H,26,27). The number of amides is 1. The summed E-state index contributed by atoms with van der Waals surface area (Å²) in [6.45, 7) is 6.41. The van der Waals surface area contributed by atoms with Crippen molar-refractivity contribution >= 4 is 22.5 Å². The Morgan fingerprint density at radius 2 is 1.94 bits per heavy atom. The van der Waals surface area contributed by atoms with E-state index in [9.17, 15) is 4.79 Å². The first-order valence-electron chi connectivity index (χ1n) is 11.3. The molecular formula is C25H25N7O2. The largest absolute Gasteiger partial charge is 0.378 e. The fraction of sp³-hybridized carbons (Fsp3) is 0.280. The Balaban J connectivity index is 1.45. The van der Waals surface area contributed by atoms with Crippen LogP contribution in [0.3, 0.4) is 0 Å². The molecule has 0 spiro atoms. The summed E-state index contributed by atoms with van der Waals surface area (Å²) < 4.78 is 9.04. The Hall–Kier alpha value is -3.98. The van der Waals surface area contributed by atoms with Crippen LogP contribution in [0.15, 0.2) is 43.0 Å². The average molecular weight is 456 g/mol. The van der Waals surface area contributed by atoms with E-state index in [1.807, 2.05) is 54.3 Å². The molecule has 5 aromatic rings. The summed E-state index contributed by atoms with van der Waals surface area (Å²) in [5.74, 6) is -0.0131. The van der Waals surface area contributed by atoms with Gasteiger partial charge in [0.05, 0.1) is 36.2 Å². The number of rotatable bonds is 3. The first-order valence-corrected chi connectivity index (χ1v) is 11.3. The lowest BCUT2D eigenvalue weighted by atomic mass is 10.0. The second-order valence-corrected chi connectivity index (χ2v) is 8.70. The van der Waals surface area contributed by atoms with Gasteiger partial charge in [-0.2, -0.15) is 10.2 Å². The van der Waals surface area contributed by atoms with Crippen LogP contribution in [0.2, 0.25) is 0 Å². The van der Waals surface area contributed by atoms with Crippen molar-refractivity contribution in [1.82, 2.24) is 34.3 Å². The average Bonchev–Trinajstić information content (AvgIpc) is 3.54. The fourth-order valence-corrected chi connectivity index (χ4v) is 4.82. The van der Waals surface area contributed by atoms with Crippen LogP contribution >= 0.6 is 0 Å². The minimum Gasteiger partial charge on any atom is -0.378 e. The zero-order valence-electron chi connectivity index (χ0n) is 19.4. The molecule has 0 atom stereocenters. The maximum Gasteiger partial charge on any atom is 0.257 e. The molecule has 9 heteroatoms. The van der Waals surface area contributed by atoms with Crippen LogP contribution in [-0.4, -0.2) is 66.5 Å². The molecule has 6 rings (SSSR count). The number of carbonyl (C=O) groups excluding carboxylic acids is 1. The Labute approximate surface area is 196 Å². The van der Waals surface area contributed by atoms with Crippen LogP contribution in [0.25, 0.3) is 38.8 Å². The van der Waals surface area contributed by atoms with E-state index in [1.165, 1.54) is 0 Å². The van der Waals surface area contributed by atoms with Crippen LogP contribution in [0, 0.1) is 13.8 Å². The van der Waals surface area contributed by atoms with Gasteiger partial charge in [0.2, 0.25) is 0 Å².